The maximum atomic E-state index is 12.0. The summed E-state index contributed by atoms with van der Waals surface area (Å²) in [5, 5.41) is 5.08. The third kappa shape index (κ3) is 4.32. The van der Waals surface area contributed by atoms with E-state index in [0.29, 0.717) is 9.21 Å². The lowest BCUT2D eigenvalue weighted by Gasteiger charge is -2.09. The van der Waals surface area contributed by atoms with Crippen LogP contribution >= 0.6 is 22.9 Å². The fourth-order valence-electron chi connectivity index (χ4n) is 1.78. The van der Waals surface area contributed by atoms with Crippen LogP contribution in [0.4, 0.5) is 0 Å². The van der Waals surface area contributed by atoms with Crippen molar-refractivity contribution in [2.24, 2.45) is 5.14 Å². The van der Waals surface area contributed by atoms with Crippen molar-refractivity contribution < 1.29 is 27.5 Å². The van der Waals surface area contributed by atoms with Gasteiger partial charge in [0.25, 0.3) is 0 Å². The maximum absolute atomic E-state index is 12.0. The first kappa shape index (κ1) is 18.4. The van der Waals surface area contributed by atoms with Crippen molar-refractivity contribution >= 4 is 44.7 Å². The Morgan fingerprint density at radius 1 is 1.25 bits per heavy atom. The highest BCUT2D eigenvalue weighted by Gasteiger charge is 2.19. The standard InChI is InChI=1S/C14H12ClNO6S2/c1-21-10-3-2-8(6-12(10)24(16,19)20)14(18)22-7-9(17)11-4-5-13(15)23-11/h2-6H,7H2,1H3,(H2,16,19,20). The molecule has 0 saturated carbocycles. The molecule has 0 atom stereocenters. The van der Waals surface area contributed by atoms with Crippen LogP contribution in [0, 0.1) is 0 Å². The number of carbonyl (C=O) groups is 2. The fraction of sp³-hybridized carbons (Fsp3) is 0.143. The summed E-state index contributed by atoms with van der Waals surface area (Å²) in [7, 11) is -2.82. The van der Waals surface area contributed by atoms with Gasteiger partial charge in [-0.1, -0.05) is 11.6 Å². The second-order valence-electron chi connectivity index (χ2n) is 4.51. The minimum atomic E-state index is -4.09. The normalized spacial score (nSPS) is 11.1. The van der Waals surface area contributed by atoms with E-state index in [-0.39, 0.29) is 16.2 Å². The molecule has 128 valence electrons. The second kappa shape index (κ2) is 7.31. The summed E-state index contributed by atoms with van der Waals surface area (Å²) in [6, 6.07) is 6.70. The van der Waals surface area contributed by atoms with Crippen LogP contribution in [0.5, 0.6) is 5.75 Å². The van der Waals surface area contributed by atoms with Crippen molar-refractivity contribution in [1.29, 1.82) is 0 Å². The summed E-state index contributed by atoms with van der Waals surface area (Å²) in [6.45, 7) is -0.494. The lowest BCUT2D eigenvalue weighted by molar-refractivity contribution is 0.0475. The molecule has 0 unspecified atom stereocenters. The van der Waals surface area contributed by atoms with Crippen molar-refractivity contribution in [3.05, 3.63) is 45.1 Å². The van der Waals surface area contributed by atoms with Crippen molar-refractivity contribution in [3.8, 4) is 5.75 Å². The van der Waals surface area contributed by atoms with Gasteiger partial charge in [-0.15, -0.1) is 11.3 Å². The number of rotatable bonds is 6. The molecule has 1 aromatic heterocycles. The van der Waals surface area contributed by atoms with E-state index >= 15 is 0 Å². The van der Waals surface area contributed by atoms with Gasteiger partial charge in [0.1, 0.15) is 10.6 Å². The van der Waals surface area contributed by atoms with Gasteiger partial charge >= 0.3 is 5.97 Å². The Kier molecular flexibility index (Phi) is 5.60. The molecule has 2 aromatic rings. The van der Waals surface area contributed by atoms with Crippen LogP contribution in [-0.2, 0) is 14.8 Å². The molecule has 2 N–H and O–H groups in total. The van der Waals surface area contributed by atoms with Gasteiger partial charge in [0, 0.05) is 0 Å². The Bertz CT molecular complexity index is 890. The summed E-state index contributed by atoms with van der Waals surface area (Å²) in [4.78, 5) is 23.9. The number of halogens is 1. The highest BCUT2D eigenvalue weighted by atomic mass is 35.5. The molecule has 10 heteroatoms. The summed E-state index contributed by atoms with van der Waals surface area (Å²) in [5.74, 6) is -1.28. The molecular weight excluding hydrogens is 378 g/mol. The molecular formula is C14H12ClNO6S2. The zero-order valence-electron chi connectivity index (χ0n) is 12.3. The monoisotopic (exact) mass is 389 g/mol. The van der Waals surface area contributed by atoms with Crippen molar-refractivity contribution in [3.63, 3.8) is 0 Å². The van der Waals surface area contributed by atoms with Crippen LogP contribution in [0.1, 0.15) is 20.0 Å². The predicted octanol–water partition coefficient (Wildman–Crippen LogP) is 2.10. The molecule has 0 aliphatic carbocycles. The highest BCUT2D eigenvalue weighted by molar-refractivity contribution is 7.89. The van der Waals surface area contributed by atoms with E-state index in [1.54, 1.807) is 6.07 Å². The summed E-state index contributed by atoms with van der Waals surface area (Å²) >= 11 is 6.80. The largest absolute Gasteiger partial charge is 0.495 e. The quantitative estimate of drug-likeness (QED) is 0.598. The van der Waals surface area contributed by atoms with E-state index in [4.69, 9.17) is 26.2 Å². The molecule has 2 rings (SSSR count). The number of thiophene rings is 1. The molecule has 0 amide bonds. The number of hydrogen-bond acceptors (Lipinski definition) is 7. The first-order valence-electron chi connectivity index (χ1n) is 6.39. The van der Waals surface area contributed by atoms with Crippen LogP contribution in [0.3, 0.4) is 0 Å². The molecule has 0 radical (unpaired) electrons. The van der Waals surface area contributed by atoms with Crippen molar-refractivity contribution in [1.82, 2.24) is 0 Å². The van der Waals surface area contributed by atoms with Crippen LogP contribution in [0.2, 0.25) is 4.34 Å². The van der Waals surface area contributed by atoms with E-state index in [1.807, 2.05) is 0 Å². The van der Waals surface area contributed by atoms with Gasteiger partial charge in [-0.25, -0.2) is 18.4 Å². The van der Waals surface area contributed by atoms with E-state index in [9.17, 15) is 18.0 Å². The maximum Gasteiger partial charge on any atom is 0.338 e. The Balaban J connectivity index is 2.14. The predicted molar refractivity (Wildman–Crippen MR) is 88.3 cm³/mol. The zero-order valence-corrected chi connectivity index (χ0v) is 14.7. The molecule has 0 bridgehead atoms. The van der Waals surface area contributed by atoms with E-state index in [0.717, 1.165) is 17.4 Å². The number of hydrogen-bond donors (Lipinski definition) is 1. The Labute approximate surface area is 147 Å². The molecule has 0 aliphatic rings. The number of methoxy groups -OCH3 is 1. The van der Waals surface area contributed by atoms with Crippen LogP contribution in [-0.4, -0.2) is 33.9 Å². The van der Waals surface area contributed by atoms with E-state index < -0.39 is 28.4 Å². The van der Waals surface area contributed by atoms with Gasteiger partial charge in [-0.2, -0.15) is 0 Å². The fourth-order valence-corrected chi connectivity index (χ4v) is 3.47. The average molecular weight is 390 g/mol. The molecule has 1 heterocycles. The zero-order chi connectivity index (χ0) is 17.9. The average Bonchev–Trinajstić information content (AvgIpc) is 2.97. The van der Waals surface area contributed by atoms with Crippen LogP contribution in [0.25, 0.3) is 0 Å². The molecule has 24 heavy (non-hydrogen) atoms. The number of benzene rings is 1. The summed E-state index contributed by atoms with van der Waals surface area (Å²) < 4.78 is 33.3. The van der Waals surface area contributed by atoms with Gasteiger partial charge in [0.15, 0.2) is 6.61 Å². The number of sulfonamides is 1. The Hall–Kier alpha value is -1.94. The highest BCUT2D eigenvalue weighted by Crippen LogP contribution is 2.24. The van der Waals surface area contributed by atoms with Gasteiger partial charge < -0.3 is 9.47 Å². The van der Waals surface area contributed by atoms with E-state index in [2.05, 4.69) is 0 Å². The molecule has 0 saturated heterocycles. The number of nitrogens with two attached hydrogens (primary N) is 1. The van der Waals surface area contributed by atoms with Gasteiger partial charge in [-0.05, 0) is 30.3 Å². The topological polar surface area (TPSA) is 113 Å². The summed E-state index contributed by atoms with van der Waals surface area (Å²) in [5.41, 5.74) is -0.0724. The first-order chi connectivity index (χ1) is 11.2. The number of esters is 1. The SMILES string of the molecule is COc1ccc(C(=O)OCC(=O)c2ccc(Cl)s2)cc1S(N)(=O)=O. The lowest BCUT2D eigenvalue weighted by atomic mass is 10.2. The Morgan fingerprint density at radius 3 is 2.50 bits per heavy atom. The molecule has 1 aromatic carbocycles. The molecule has 0 aliphatic heterocycles. The number of primary sulfonamides is 1. The third-order valence-electron chi connectivity index (χ3n) is 2.89. The van der Waals surface area contributed by atoms with Crippen molar-refractivity contribution in [2.45, 2.75) is 4.90 Å². The lowest BCUT2D eigenvalue weighted by Crippen LogP contribution is -2.16. The van der Waals surface area contributed by atoms with Gasteiger partial charge in [-0.3, -0.25) is 4.79 Å². The van der Waals surface area contributed by atoms with Crippen LogP contribution < -0.4 is 9.88 Å². The second-order valence-corrected chi connectivity index (χ2v) is 7.76. The molecule has 0 fully saturated rings. The smallest absolute Gasteiger partial charge is 0.338 e. The number of ether oxygens (including phenoxy) is 2. The molecule has 7 nitrogen and oxygen atoms in total. The third-order valence-corrected chi connectivity index (χ3v) is 5.09. The van der Waals surface area contributed by atoms with Crippen LogP contribution in [0.15, 0.2) is 35.2 Å². The minimum Gasteiger partial charge on any atom is -0.495 e. The Morgan fingerprint density at radius 2 is 1.96 bits per heavy atom. The minimum absolute atomic E-state index is 0.00152. The number of carbonyl (C=O) groups excluding carboxylic acids is 2. The number of Topliss-reactive ketones (excluding diaryl/α,β-unsaturated/α-hetero) is 1. The van der Waals surface area contributed by atoms with Gasteiger partial charge in [0.2, 0.25) is 15.8 Å². The van der Waals surface area contributed by atoms with E-state index in [1.165, 1.54) is 25.3 Å². The molecule has 0 spiro atoms. The van der Waals surface area contributed by atoms with Crippen molar-refractivity contribution in [2.75, 3.05) is 13.7 Å². The van der Waals surface area contributed by atoms with Gasteiger partial charge in [0.05, 0.1) is 21.9 Å². The first-order valence-corrected chi connectivity index (χ1v) is 9.13. The number of ketones is 1. The summed E-state index contributed by atoms with van der Waals surface area (Å²) in [6.07, 6.45) is 0.